The molecule has 18 heavy (non-hydrogen) atoms. The quantitative estimate of drug-likeness (QED) is 0.815. The molecule has 0 radical (unpaired) electrons. The number of nitrogens with one attached hydrogen (secondary N) is 1. The van der Waals surface area contributed by atoms with Crippen LogP contribution in [0.1, 0.15) is 35.6 Å². The van der Waals surface area contributed by atoms with Crippen LogP contribution in [0, 0.1) is 13.8 Å². The Labute approximate surface area is 108 Å². The zero-order valence-electron chi connectivity index (χ0n) is 11.4. The van der Waals surface area contributed by atoms with Gasteiger partial charge in [-0.3, -0.25) is 4.79 Å². The summed E-state index contributed by atoms with van der Waals surface area (Å²) < 4.78 is 5.43. The van der Waals surface area contributed by atoms with E-state index in [2.05, 4.69) is 17.4 Å². The number of carbonyl (C=O) groups is 1. The number of hydrogen-bond donors (Lipinski definition) is 2. The average Bonchev–Trinajstić information content (AvgIpc) is 2.29. The molecule has 1 rings (SSSR count). The molecule has 0 saturated heterocycles. The van der Waals surface area contributed by atoms with Crippen molar-refractivity contribution in [2.75, 3.05) is 14.2 Å². The van der Waals surface area contributed by atoms with Gasteiger partial charge in [-0.2, -0.15) is 0 Å². The minimum atomic E-state index is -0.779. The molecule has 2 N–H and O–H groups in total. The van der Waals surface area contributed by atoms with Crippen molar-refractivity contribution in [3.05, 3.63) is 28.8 Å². The Morgan fingerprint density at radius 3 is 2.61 bits per heavy atom. The van der Waals surface area contributed by atoms with Crippen LogP contribution in [-0.4, -0.2) is 25.2 Å². The van der Waals surface area contributed by atoms with Gasteiger partial charge >= 0.3 is 5.97 Å². The van der Waals surface area contributed by atoms with Crippen LogP contribution in [0.4, 0.5) is 0 Å². The molecule has 1 aromatic carbocycles. The van der Waals surface area contributed by atoms with Crippen LogP contribution in [0.2, 0.25) is 0 Å². The molecule has 0 heterocycles. The van der Waals surface area contributed by atoms with E-state index in [0.29, 0.717) is 6.42 Å². The molecule has 0 bridgehead atoms. The second-order valence-electron chi connectivity index (χ2n) is 4.48. The van der Waals surface area contributed by atoms with Gasteiger partial charge in [0, 0.05) is 18.0 Å². The summed E-state index contributed by atoms with van der Waals surface area (Å²) in [5, 5.41) is 11.9. The molecule has 100 valence electrons. The number of ether oxygens (including phenoxy) is 1. The first kappa shape index (κ1) is 14.5. The van der Waals surface area contributed by atoms with E-state index in [4.69, 9.17) is 9.84 Å². The lowest BCUT2D eigenvalue weighted by atomic mass is 9.96. The van der Waals surface area contributed by atoms with Crippen LogP contribution in [0.15, 0.2) is 12.1 Å². The topological polar surface area (TPSA) is 58.6 Å². The highest BCUT2D eigenvalue weighted by Gasteiger charge is 2.17. The Hall–Kier alpha value is -1.55. The predicted octanol–water partition coefficient (Wildman–Crippen LogP) is 2.44. The first-order valence-electron chi connectivity index (χ1n) is 6.03. The Bertz CT molecular complexity index is 429. The molecule has 0 spiro atoms. The summed E-state index contributed by atoms with van der Waals surface area (Å²) >= 11 is 0. The van der Waals surface area contributed by atoms with Crippen molar-refractivity contribution in [2.24, 2.45) is 0 Å². The number of rotatable bonds is 6. The summed E-state index contributed by atoms with van der Waals surface area (Å²) in [6, 6.07) is 4.11. The number of aryl methyl sites for hydroxylation is 2. The van der Waals surface area contributed by atoms with E-state index in [1.807, 2.05) is 20.9 Å². The summed E-state index contributed by atoms with van der Waals surface area (Å²) in [6.45, 7) is 4.03. The van der Waals surface area contributed by atoms with E-state index in [9.17, 15) is 4.79 Å². The van der Waals surface area contributed by atoms with E-state index >= 15 is 0 Å². The van der Waals surface area contributed by atoms with Crippen LogP contribution >= 0.6 is 0 Å². The number of carboxylic acid groups (broad SMARTS) is 1. The first-order valence-corrected chi connectivity index (χ1v) is 6.03. The average molecular weight is 251 g/mol. The first-order chi connectivity index (χ1) is 8.49. The van der Waals surface area contributed by atoms with Gasteiger partial charge in [0.05, 0.1) is 7.11 Å². The van der Waals surface area contributed by atoms with Crippen molar-refractivity contribution in [2.45, 2.75) is 32.7 Å². The fraction of sp³-hybridized carbons (Fsp3) is 0.500. The van der Waals surface area contributed by atoms with Crippen LogP contribution < -0.4 is 10.1 Å². The SMILES string of the molecule is CNC(CCC(=O)O)c1cc(C)cc(C)c1OC. The molecule has 0 aliphatic heterocycles. The minimum Gasteiger partial charge on any atom is -0.496 e. The van der Waals surface area contributed by atoms with E-state index < -0.39 is 5.97 Å². The molecule has 0 saturated carbocycles. The Morgan fingerprint density at radius 1 is 1.44 bits per heavy atom. The second kappa shape index (κ2) is 6.40. The van der Waals surface area contributed by atoms with Gasteiger partial charge < -0.3 is 15.2 Å². The van der Waals surface area contributed by atoms with Gasteiger partial charge in [-0.25, -0.2) is 0 Å². The summed E-state index contributed by atoms with van der Waals surface area (Å²) in [4.78, 5) is 10.7. The van der Waals surface area contributed by atoms with Gasteiger partial charge in [-0.1, -0.05) is 17.7 Å². The van der Waals surface area contributed by atoms with Crippen molar-refractivity contribution in [1.82, 2.24) is 5.32 Å². The van der Waals surface area contributed by atoms with Crippen LogP contribution in [0.5, 0.6) is 5.75 Å². The lowest BCUT2D eigenvalue weighted by Gasteiger charge is -2.21. The van der Waals surface area contributed by atoms with E-state index in [1.54, 1.807) is 7.11 Å². The number of aliphatic carboxylic acids is 1. The molecule has 0 aromatic heterocycles. The molecule has 4 heteroatoms. The zero-order chi connectivity index (χ0) is 13.7. The Kier molecular flexibility index (Phi) is 5.16. The molecule has 1 unspecified atom stereocenters. The zero-order valence-corrected chi connectivity index (χ0v) is 11.4. The smallest absolute Gasteiger partial charge is 0.303 e. The van der Waals surface area contributed by atoms with Crippen LogP contribution in [-0.2, 0) is 4.79 Å². The van der Waals surface area contributed by atoms with Crippen LogP contribution in [0.3, 0.4) is 0 Å². The summed E-state index contributed by atoms with van der Waals surface area (Å²) in [6.07, 6.45) is 0.687. The van der Waals surface area contributed by atoms with Gasteiger partial charge in [0.15, 0.2) is 0 Å². The Morgan fingerprint density at radius 2 is 2.11 bits per heavy atom. The van der Waals surface area contributed by atoms with Gasteiger partial charge in [0.25, 0.3) is 0 Å². The third-order valence-electron chi connectivity index (χ3n) is 3.02. The number of carboxylic acids is 1. The fourth-order valence-electron chi connectivity index (χ4n) is 2.25. The predicted molar refractivity (Wildman–Crippen MR) is 71.1 cm³/mol. The maximum absolute atomic E-state index is 10.7. The summed E-state index contributed by atoms with van der Waals surface area (Å²) in [5.41, 5.74) is 3.25. The normalized spacial score (nSPS) is 12.2. The molecule has 0 aliphatic carbocycles. The lowest BCUT2D eigenvalue weighted by Crippen LogP contribution is -2.19. The minimum absolute atomic E-state index is 0.00495. The summed E-state index contributed by atoms with van der Waals surface area (Å²) in [7, 11) is 3.48. The van der Waals surface area contributed by atoms with Crippen molar-refractivity contribution < 1.29 is 14.6 Å². The van der Waals surface area contributed by atoms with Crippen molar-refractivity contribution >= 4 is 5.97 Å². The molecule has 0 fully saturated rings. The standard InChI is InChI=1S/C14H21NO3/c1-9-7-10(2)14(18-4)11(8-9)12(15-3)5-6-13(16)17/h7-8,12,15H,5-6H2,1-4H3,(H,16,17). The number of benzene rings is 1. The maximum atomic E-state index is 10.7. The maximum Gasteiger partial charge on any atom is 0.303 e. The highest BCUT2D eigenvalue weighted by molar-refractivity contribution is 5.66. The Balaban J connectivity index is 3.07. The highest BCUT2D eigenvalue weighted by atomic mass is 16.5. The van der Waals surface area contributed by atoms with E-state index in [1.165, 1.54) is 0 Å². The molecule has 0 amide bonds. The second-order valence-corrected chi connectivity index (χ2v) is 4.48. The fourth-order valence-corrected chi connectivity index (χ4v) is 2.25. The van der Waals surface area contributed by atoms with Gasteiger partial charge in [-0.05, 0) is 32.9 Å². The van der Waals surface area contributed by atoms with Gasteiger partial charge in [0.2, 0.25) is 0 Å². The largest absolute Gasteiger partial charge is 0.496 e. The molecular formula is C14H21NO3. The monoisotopic (exact) mass is 251 g/mol. The highest BCUT2D eigenvalue weighted by Crippen LogP contribution is 2.32. The molecule has 4 nitrogen and oxygen atoms in total. The third-order valence-corrected chi connectivity index (χ3v) is 3.02. The lowest BCUT2D eigenvalue weighted by molar-refractivity contribution is -0.137. The van der Waals surface area contributed by atoms with Crippen molar-refractivity contribution in [3.8, 4) is 5.75 Å². The summed E-state index contributed by atoms with van der Waals surface area (Å²) in [5.74, 6) is 0.0592. The van der Waals surface area contributed by atoms with Crippen LogP contribution in [0.25, 0.3) is 0 Å². The van der Waals surface area contributed by atoms with Crippen molar-refractivity contribution in [3.63, 3.8) is 0 Å². The van der Waals surface area contributed by atoms with Gasteiger partial charge in [0.1, 0.15) is 5.75 Å². The molecule has 1 atom stereocenters. The number of methoxy groups -OCH3 is 1. The van der Waals surface area contributed by atoms with E-state index in [0.717, 1.165) is 22.4 Å². The third kappa shape index (κ3) is 3.47. The van der Waals surface area contributed by atoms with Gasteiger partial charge in [-0.15, -0.1) is 0 Å². The van der Waals surface area contributed by atoms with E-state index in [-0.39, 0.29) is 12.5 Å². The molecule has 1 aromatic rings. The molecular weight excluding hydrogens is 230 g/mol. The van der Waals surface area contributed by atoms with Crippen molar-refractivity contribution in [1.29, 1.82) is 0 Å². The molecule has 0 aliphatic rings. The number of hydrogen-bond acceptors (Lipinski definition) is 3.